The molecule has 0 radical (unpaired) electrons. The molecule has 1 amide bonds. The maximum absolute atomic E-state index is 15.5. The molecule has 6 rings (SSSR count). The van der Waals surface area contributed by atoms with Gasteiger partial charge in [-0.25, -0.2) is 24.3 Å². The summed E-state index contributed by atoms with van der Waals surface area (Å²) in [4.78, 5) is 29.5. The first-order valence-electron chi connectivity index (χ1n) is 13.3. The van der Waals surface area contributed by atoms with Gasteiger partial charge >= 0.3 is 6.01 Å². The second-order valence-corrected chi connectivity index (χ2v) is 10.1. The van der Waals surface area contributed by atoms with Crippen LogP contribution in [0.5, 0.6) is 17.5 Å². The van der Waals surface area contributed by atoms with Crippen molar-refractivity contribution >= 4 is 28.4 Å². The molecule has 1 aliphatic carbocycles. The number of nitrogens with zero attached hydrogens (tertiary/aromatic N) is 5. The van der Waals surface area contributed by atoms with E-state index in [-0.39, 0.29) is 29.4 Å². The van der Waals surface area contributed by atoms with E-state index in [0.29, 0.717) is 56.1 Å². The normalized spacial score (nSPS) is 12.8. The number of nitrogen functional groups attached to an aromatic ring is 1. The van der Waals surface area contributed by atoms with Gasteiger partial charge in [0.25, 0.3) is 5.91 Å². The first kappa shape index (κ1) is 26.9. The van der Waals surface area contributed by atoms with E-state index in [0.717, 1.165) is 12.8 Å². The van der Waals surface area contributed by atoms with Crippen molar-refractivity contribution in [3.63, 3.8) is 0 Å². The van der Waals surface area contributed by atoms with E-state index in [1.807, 2.05) is 17.7 Å². The number of fused-ring (bicyclic) bond motifs is 1. The number of benzene rings is 2. The predicted molar refractivity (Wildman–Crippen MR) is 158 cm³/mol. The van der Waals surface area contributed by atoms with Gasteiger partial charge in [0.05, 0.1) is 18.2 Å². The molecular formula is C31H28FN7O3. The summed E-state index contributed by atoms with van der Waals surface area (Å²) in [5.74, 6) is 0.123. The van der Waals surface area contributed by atoms with E-state index in [4.69, 9.17) is 15.2 Å². The van der Waals surface area contributed by atoms with E-state index in [1.54, 1.807) is 44.5 Å². The number of hydrogen-bond donors (Lipinski definition) is 2. The monoisotopic (exact) mass is 565 g/mol. The summed E-state index contributed by atoms with van der Waals surface area (Å²) in [7, 11) is 3.38. The van der Waals surface area contributed by atoms with Gasteiger partial charge in [-0.15, -0.1) is 0 Å². The van der Waals surface area contributed by atoms with Crippen molar-refractivity contribution in [3.05, 3.63) is 78.7 Å². The molecule has 0 spiro atoms. The molecule has 5 aromatic rings. The zero-order valence-corrected chi connectivity index (χ0v) is 23.3. The fourth-order valence-corrected chi connectivity index (χ4v) is 4.98. The number of carbonyl (C=O) groups is 1. The number of hydrogen-bond acceptors (Lipinski definition) is 8. The molecule has 3 heterocycles. The lowest BCUT2D eigenvalue weighted by Gasteiger charge is -2.15. The lowest BCUT2D eigenvalue weighted by molar-refractivity contribution is -0.113. The average molecular weight is 566 g/mol. The molecule has 3 N–H and O–H groups in total. The van der Waals surface area contributed by atoms with Gasteiger partial charge < -0.3 is 25.1 Å². The maximum atomic E-state index is 15.5. The molecule has 2 aromatic carbocycles. The number of carbonyl (C=O) groups excluding carboxylic acids is 1. The summed E-state index contributed by atoms with van der Waals surface area (Å²) in [6.45, 7) is 5.73. The average Bonchev–Trinajstić information content (AvgIpc) is 3.78. The van der Waals surface area contributed by atoms with Gasteiger partial charge in [-0.05, 0) is 61.6 Å². The smallest absolute Gasteiger partial charge is 0.322 e. The largest absolute Gasteiger partial charge is 0.496 e. The number of aryl methyl sites for hydroxylation is 2. The van der Waals surface area contributed by atoms with Crippen LogP contribution in [0.2, 0.25) is 0 Å². The Balaban J connectivity index is 1.45. The van der Waals surface area contributed by atoms with E-state index >= 15 is 4.39 Å². The molecule has 212 valence electrons. The van der Waals surface area contributed by atoms with Crippen molar-refractivity contribution in [3.8, 4) is 39.9 Å². The van der Waals surface area contributed by atoms with Crippen LogP contribution in [0, 0.1) is 18.7 Å². The van der Waals surface area contributed by atoms with Gasteiger partial charge in [0, 0.05) is 47.4 Å². The van der Waals surface area contributed by atoms with E-state index < -0.39 is 5.82 Å². The maximum Gasteiger partial charge on any atom is 0.322 e. The lowest BCUT2D eigenvalue weighted by atomic mass is 9.97. The molecule has 42 heavy (non-hydrogen) atoms. The first-order valence-corrected chi connectivity index (χ1v) is 13.3. The number of amides is 1. The summed E-state index contributed by atoms with van der Waals surface area (Å²) >= 11 is 0. The number of nitrogens with two attached hydrogens (primary N) is 1. The third-order valence-corrected chi connectivity index (χ3v) is 7.27. The summed E-state index contributed by atoms with van der Waals surface area (Å²) in [5.41, 5.74) is 11.2. The highest BCUT2D eigenvalue weighted by atomic mass is 19.1. The first-order chi connectivity index (χ1) is 20.2. The Morgan fingerprint density at radius 1 is 1.12 bits per heavy atom. The SMILES string of the molecule is C=C(C(=O)Nc1ccc(-c2c(-c3ccc(Oc4nccc(C)n4)c(F)c3)c3c(N)ncnc3n2C)c(OC)c1)C1CC1. The van der Waals surface area contributed by atoms with E-state index in [1.165, 1.54) is 18.5 Å². The molecule has 3 aromatic heterocycles. The van der Waals surface area contributed by atoms with Crippen molar-refractivity contribution in [1.29, 1.82) is 0 Å². The third kappa shape index (κ3) is 4.89. The Bertz CT molecular complexity index is 1880. The van der Waals surface area contributed by atoms with Gasteiger partial charge in [0.15, 0.2) is 11.6 Å². The van der Waals surface area contributed by atoms with Crippen LogP contribution in [0.1, 0.15) is 18.5 Å². The zero-order valence-electron chi connectivity index (χ0n) is 23.3. The molecule has 1 aliphatic rings. The lowest BCUT2D eigenvalue weighted by Crippen LogP contribution is -2.14. The van der Waals surface area contributed by atoms with Crippen molar-refractivity contribution < 1.29 is 18.7 Å². The van der Waals surface area contributed by atoms with Gasteiger partial charge in [-0.1, -0.05) is 12.6 Å². The minimum Gasteiger partial charge on any atom is -0.496 e. The third-order valence-electron chi connectivity index (χ3n) is 7.27. The predicted octanol–water partition coefficient (Wildman–Crippen LogP) is 5.83. The fourth-order valence-electron chi connectivity index (χ4n) is 4.98. The van der Waals surface area contributed by atoms with Gasteiger partial charge in [-0.2, -0.15) is 0 Å². The van der Waals surface area contributed by atoms with Crippen LogP contribution in [-0.2, 0) is 11.8 Å². The molecule has 0 saturated heterocycles. The number of methoxy groups -OCH3 is 1. The van der Waals surface area contributed by atoms with Crippen molar-refractivity contribution in [1.82, 2.24) is 24.5 Å². The van der Waals surface area contributed by atoms with Gasteiger partial charge in [0.1, 0.15) is 23.5 Å². The second kappa shape index (κ2) is 10.6. The van der Waals surface area contributed by atoms with Crippen molar-refractivity contribution in [2.24, 2.45) is 13.0 Å². The molecule has 11 heteroatoms. The highest BCUT2D eigenvalue weighted by Crippen LogP contribution is 2.45. The number of anilines is 2. The molecule has 10 nitrogen and oxygen atoms in total. The summed E-state index contributed by atoms with van der Waals surface area (Å²) < 4.78 is 28.7. The highest BCUT2D eigenvalue weighted by Gasteiger charge is 2.29. The van der Waals surface area contributed by atoms with Crippen LogP contribution < -0.4 is 20.5 Å². The summed E-state index contributed by atoms with van der Waals surface area (Å²) in [6.07, 6.45) is 4.89. The minimum atomic E-state index is -0.614. The van der Waals surface area contributed by atoms with E-state index in [2.05, 4.69) is 31.8 Å². The molecular weight excluding hydrogens is 537 g/mol. The van der Waals surface area contributed by atoms with Crippen molar-refractivity contribution in [2.45, 2.75) is 19.8 Å². The van der Waals surface area contributed by atoms with Gasteiger partial charge in [0.2, 0.25) is 0 Å². The Morgan fingerprint density at radius 3 is 2.64 bits per heavy atom. The minimum absolute atomic E-state index is 0.0270. The van der Waals surface area contributed by atoms with Crippen molar-refractivity contribution in [2.75, 3.05) is 18.2 Å². The number of halogens is 1. The van der Waals surface area contributed by atoms with Crippen LogP contribution in [-0.4, -0.2) is 37.5 Å². The quantitative estimate of drug-likeness (QED) is 0.225. The topological polar surface area (TPSA) is 130 Å². The molecule has 0 aliphatic heterocycles. The van der Waals surface area contributed by atoms with Crippen LogP contribution in [0.25, 0.3) is 33.4 Å². The number of nitrogens with one attached hydrogen (secondary N) is 1. The van der Waals surface area contributed by atoms with E-state index in [9.17, 15) is 4.79 Å². The Kier molecular flexibility index (Phi) is 6.77. The zero-order chi connectivity index (χ0) is 29.5. The number of aromatic nitrogens is 5. The Morgan fingerprint density at radius 2 is 1.93 bits per heavy atom. The molecule has 0 atom stereocenters. The molecule has 0 bridgehead atoms. The van der Waals surface area contributed by atoms with Gasteiger partial charge in [-0.3, -0.25) is 4.79 Å². The van der Waals surface area contributed by atoms with Crippen LogP contribution in [0.3, 0.4) is 0 Å². The Labute approximate surface area is 241 Å². The Hall–Kier alpha value is -5.32. The highest BCUT2D eigenvalue weighted by molar-refractivity contribution is 6.09. The summed E-state index contributed by atoms with van der Waals surface area (Å²) in [6, 6.07) is 11.7. The fraction of sp³-hybridized carbons (Fsp3) is 0.194. The molecule has 0 unspecified atom stereocenters. The second-order valence-electron chi connectivity index (χ2n) is 10.1. The molecule has 1 fully saturated rings. The summed E-state index contributed by atoms with van der Waals surface area (Å²) in [5, 5.41) is 3.47. The number of ether oxygens (including phenoxy) is 2. The van der Waals surface area contributed by atoms with Crippen LogP contribution in [0.4, 0.5) is 15.9 Å². The standard InChI is InChI=1S/C31H28FN7O3/c1-16-11-12-34-31(37-16)42-23-10-7-19(13-22(23)32)25-26-28(33)35-15-36-29(26)39(3)27(25)21-9-8-20(14-24(21)41-4)38-30(40)17(2)18-5-6-18/h7-15,18H,2,5-6H2,1,3-4H3,(H,38,40)(H2,33,35,36). The molecule has 1 saturated carbocycles. The van der Waals surface area contributed by atoms with Crippen LogP contribution in [0.15, 0.2) is 67.1 Å². The number of rotatable bonds is 8. The van der Waals surface area contributed by atoms with Crippen LogP contribution >= 0.6 is 0 Å².